The number of thiazole rings is 1. The fraction of sp³-hybridized carbons (Fsp3) is 0.167. The van der Waals surface area contributed by atoms with E-state index in [2.05, 4.69) is 4.98 Å². The molecule has 0 spiro atoms. The van der Waals surface area contributed by atoms with Gasteiger partial charge in [0.25, 0.3) is 5.24 Å². The Hall–Kier alpha value is -1.79. The van der Waals surface area contributed by atoms with Gasteiger partial charge in [-0.15, -0.1) is 0 Å². The summed E-state index contributed by atoms with van der Waals surface area (Å²) >= 11 is 6.14. The molecule has 0 aliphatic heterocycles. The van der Waals surface area contributed by atoms with E-state index in [-0.39, 0.29) is 17.4 Å². The molecule has 1 heterocycles. The highest BCUT2D eigenvalue weighted by Gasteiger charge is 2.07. The highest BCUT2D eigenvalue weighted by atomic mass is 35.5. The van der Waals surface area contributed by atoms with Gasteiger partial charge in [0.2, 0.25) is 5.88 Å². The summed E-state index contributed by atoms with van der Waals surface area (Å²) in [5.41, 5.74) is 0.912. The molecule has 1 aromatic heterocycles. The van der Waals surface area contributed by atoms with Gasteiger partial charge in [-0.3, -0.25) is 14.6 Å². The van der Waals surface area contributed by atoms with Crippen molar-refractivity contribution in [2.45, 2.75) is 6.42 Å². The maximum absolute atomic E-state index is 11.0. The van der Waals surface area contributed by atoms with Crippen molar-refractivity contribution in [1.29, 1.82) is 0 Å². The highest BCUT2D eigenvalue weighted by molar-refractivity contribution is 7.09. The molecule has 19 heavy (non-hydrogen) atoms. The second-order valence-electron chi connectivity index (χ2n) is 3.75. The Morgan fingerprint density at radius 3 is 2.58 bits per heavy atom. The monoisotopic (exact) mass is 299 g/mol. The number of aromatic hydroxyl groups is 1. The van der Waals surface area contributed by atoms with E-state index in [0.717, 1.165) is 16.9 Å². The molecule has 100 valence electrons. The number of aromatic nitrogens is 1. The van der Waals surface area contributed by atoms with Crippen molar-refractivity contribution in [3.05, 3.63) is 44.4 Å². The van der Waals surface area contributed by atoms with Crippen molar-refractivity contribution in [3.8, 4) is 11.6 Å². The molecular formula is C12H10ClNO4S. The molecule has 2 aromatic rings. The number of aromatic amines is 1. The van der Waals surface area contributed by atoms with Crippen molar-refractivity contribution in [3.63, 3.8) is 0 Å². The van der Waals surface area contributed by atoms with E-state index in [1.807, 2.05) is 0 Å². The van der Waals surface area contributed by atoms with Gasteiger partial charge in [-0.1, -0.05) is 23.5 Å². The molecule has 0 aliphatic rings. The van der Waals surface area contributed by atoms with E-state index in [9.17, 15) is 14.7 Å². The maximum Gasteiger partial charge on any atom is 0.307 e. The lowest BCUT2D eigenvalue weighted by Crippen LogP contribution is -2.04. The zero-order chi connectivity index (χ0) is 13.8. The molecule has 0 bridgehead atoms. The summed E-state index contributed by atoms with van der Waals surface area (Å²) in [7, 11) is 0. The molecule has 2 N–H and O–H groups in total. The van der Waals surface area contributed by atoms with Gasteiger partial charge < -0.3 is 9.84 Å². The van der Waals surface area contributed by atoms with Gasteiger partial charge in [0, 0.05) is 6.42 Å². The quantitative estimate of drug-likeness (QED) is 0.826. The Labute approximate surface area is 117 Å². The number of hydrogen-bond acceptors (Lipinski definition) is 5. The lowest BCUT2D eigenvalue weighted by Gasteiger charge is -2.04. The van der Waals surface area contributed by atoms with Gasteiger partial charge in [-0.05, 0) is 29.3 Å². The second-order valence-corrected chi connectivity index (χ2v) is 5.24. The Balaban J connectivity index is 2.04. The van der Waals surface area contributed by atoms with Gasteiger partial charge >= 0.3 is 4.87 Å². The average molecular weight is 300 g/mol. The maximum atomic E-state index is 11.0. The first-order valence-electron chi connectivity index (χ1n) is 5.35. The van der Waals surface area contributed by atoms with E-state index in [1.165, 1.54) is 0 Å². The number of rotatable bonds is 5. The van der Waals surface area contributed by atoms with Crippen LogP contribution in [0.1, 0.15) is 10.4 Å². The number of ether oxygens (including phenoxy) is 1. The molecule has 0 aliphatic carbocycles. The molecule has 0 amide bonds. The average Bonchev–Trinajstić information content (AvgIpc) is 2.67. The number of carbonyl (C=O) groups is 1. The van der Waals surface area contributed by atoms with E-state index >= 15 is 0 Å². The van der Waals surface area contributed by atoms with Gasteiger partial charge in [-0.2, -0.15) is 0 Å². The van der Waals surface area contributed by atoms with Crippen LogP contribution in [0.5, 0.6) is 11.6 Å². The predicted octanol–water partition coefficient (Wildman–Crippen LogP) is 1.88. The Morgan fingerprint density at radius 2 is 2.05 bits per heavy atom. The summed E-state index contributed by atoms with van der Waals surface area (Å²) in [5, 5.41) is 8.91. The standard InChI is InChI=1S/C12H10ClNO4S/c13-10(15)6-18-8-3-1-7(2-4-8)5-9-11(16)14-12(17)19-9/h1-4,16H,5-6H2,(H,14,17). The molecule has 0 saturated heterocycles. The van der Waals surface area contributed by atoms with Crippen molar-refractivity contribution in [1.82, 2.24) is 4.98 Å². The van der Waals surface area contributed by atoms with E-state index in [0.29, 0.717) is 17.0 Å². The first-order valence-corrected chi connectivity index (χ1v) is 6.55. The van der Waals surface area contributed by atoms with E-state index in [1.54, 1.807) is 24.3 Å². The van der Waals surface area contributed by atoms with Gasteiger partial charge in [0.15, 0.2) is 6.61 Å². The number of hydrogen-bond donors (Lipinski definition) is 2. The Kier molecular flexibility index (Phi) is 4.24. The zero-order valence-electron chi connectivity index (χ0n) is 9.68. The third kappa shape index (κ3) is 3.84. The summed E-state index contributed by atoms with van der Waals surface area (Å²) in [5.74, 6) is 0.437. The van der Waals surface area contributed by atoms with Gasteiger partial charge in [0.05, 0.1) is 4.88 Å². The summed E-state index contributed by atoms with van der Waals surface area (Å²) in [4.78, 5) is 24.2. The van der Waals surface area contributed by atoms with Crippen LogP contribution < -0.4 is 9.61 Å². The Bertz CT molecular complexity index is 632. The second kappa shape index (κ2) is 5.90. The third-order valence-corrected chi connectivity index (χ3v) is 3.32. The van der Waals surface area contributed by atoms with Crippen molar-refractivity contribution < 1.29 is 14.6 Å². The molecule has 0 unspecified atom stereocenters. The number of H-pyrrole nitrogens is 1. The molecule has 2 rings (SSSR count). The minimum Gasteiger partial charge on any atom is -0.494 e. The summed E-state index contributed by atoms with van der Waals surface area (Å²) < 4.78 is 5.12. The zero-order valence-corrected chi connectivity index (χ0v) is 11.3. The van der Waals surface area contributed by atoms with E-state index < -0.39 is 5.24 Å². The van der Waals surface area contributed by atoms with Crippen molar-refractivity contribution >= 4 is 28.2 Å². The fourth-order valence-electron chi connectivity index (χ4n) is 1.50. The number of benzene rings is 1. The molecule has 5 nitrogen and oxygen atoms in total. The largest absolute Gasteiger partial charge is 0.494 e. The summed E-state index contributed by atoms with van der Waals surface area (Å²) in [6.07, 6.45) is 0.448. The lowest BCUT2D eigenvalue weighted by molar-refractivity contribution is -0.113. The van der Waals surface area contributed by atoms with Crippen LogP contribution in [-0.4, -0.2) is 21.9 Å². The molecule has 0 radical (unpaired) electrons. The van der Waals surface area contributed by atoms with Crippen LogP contribution in [0.15, 0.2) is 29.1 Å². The normalized spacial score (nSPS) is 10.4. The van der Waals surface area contributed by atoms with Gasteiger partial charge in [-0.25, -0.2) is 0 Å². The van der Waals surface area contributed by atoms with Crippen LogP contribution >= 0.6 is 22.9 Å². The van der Waals surface area contributed by atoms with Crippen molar-refractivity contribution in [2.24, 2.45) is 0 Å². The highest BCUT2D eigenvalue weighted by Crippen LogP contribution is 2.21. The molecule has 0 saturated carbocycles. The van der Waals surface area contributed by atoms with Crippen LogP contribution in [0.3, 0.4) is 0 Å². The molecular weight excluding hydrogens is 290 g/mol. The molecule has 0 atom stereocenters. The first kappa shape index (κ1) is 13.6. The topological polar surface area (TPSA) is 79.4 Å². The van der Waals surface area contributed by atoms with Crippen LogP contribution in [0.2, 0.25) is 0 Å². The minimum absolute atomic E-state index is 0.0944. The SMILES string of the molecule is O=C(Cl)COc1ccc(Cc2sc(=O)[nH]c2O)cc1. The van der Waals surface area contributed by atoms with Gasteiger partial charge in [0.1, 0.15) is 5.75 Å². The Morgan fingerprint density at radius 1 is 1.37 bits per heavy atom. The third-order valence-electron chi connectivity index (χ3n) is 2.34. The predicted molar refractivity (Wildman–Crippen MR) is 72.2 cm³/mol. The smallest absolute Gasteiger partial charge is 0.307 e. The summed E-state index contributed by atoms with van der Waals surface area (Å²) in [6, 6.07) is 6.97. The van der Waals surface area contributed by atoms with Crippen molar-refractivity contribution in [2.75, 3.05) is 6.61 Å². The lowest BCUT2D eigenvalue weighted by atomic mass is 10.1. The number of carbonyl (C=O) groups excluding carboxylic acids is 1. The van der Waals surface area contributed by atoms with Crippen LogP contribution in [0.4, 0.5) is 0 Å². The summed E-state index contributed by atoms with van der Waals surface area (Å²) in [6.45, 7) is -0.179. The first-order chi connectivity index (χ1) is 9.04. The number of halogens is 1. The van der Waals surface area contributed by atoms with Crippen LogP contribution in [0.25, 0.3) is 0 Å². The van der Waals surface area contributed by atoms with Crippen LogP contribution in [-0.2, 0) is 11.2 Å². The molecule has 1 aromatic carbocycles. The van der Waals surface area contributed by atoms with Crippen LogP contribution in [0, 0.1) is 0 Å². The number of nitrogens with one attached hydrogen (secondary N) is 1. The molecule has 7 heteroatoms. The minimum atomic E-state index is -0.564. The van der Waals surface area contributed by atoms with E-state index in [4.69, 9.17) is 16.3 Å². The fourth-order valence-corrected chi connectivity index (χ4v) is 2.31. The molecule has 0 fully saturated rings.